The van der Waals surface area contributed by atoms with E-state index in [4.69, 9.17) is 21.4 Å². The molecule has 3 heterocycles. The number of hydrogen-bond acceptors (Lipinski definition) is 5. The highest BCUT2D eigenvalue weighted by Crippen LogP contribution is 2.48. The van der Waals surface area contributed by atoms with Crippen molar-refractivity contribution in [3.05, 3.63) is 101 Å². The average Bonchev–Trinajstić information content (AvgIpc) is 3.30. The number of aromatic nitrogens is 2. The molecule has 0 spiro atoms. The van der Waals surface area contributed by atoms with Gasteiger partial charge >= 0.3 is 0 Å². The maximum Gasteiger partial charge on any atom is 0.242 e. The molecule has 1 saturated heterocycles. The van der Waals surface area contributed by atoms with Crippen LogP contribution in [0.15, 0.2) is 78.9 Å². The number of fused-ring (bicyclic) bond motifs is 1. The van der Waals surface area contributed by atoms with Crippen molar-refractivity contribution in [2.75, 3.05) is 43.5 Å². The summed E-state index contributed by atoms with van der Waals surface area (Å²) in [6, 6.07) is 23.3. The van der Waals surface area contributed by atoms with Crippen LogP contribution in [-0.2, 0) is 14.3 Å². The Kier molecular flexibility index (Phi) is 7.60. The largest absolute Gasteiger partial charge is 0.378 e. The van der Waals surface area contributed by atoms with Gasteiger partial charge in [-0.15, -0.1) is 11.8 Å². The third-order valence-electron chi connectivity index (χ3n) is 7.02. The predicted molar refractivity (Wildman–Crippen MR) is 154 cm³/mol. The van der Waals surface area contributed by atoms with Crippen LogP contribution >= 0.6 is 23.4 Å². The van der Waals surface area contributed by atoms with Gasteiger partial charge in [0.05, 0.1) is 35.6 Å². The summed E-state index contributed by atoms with van der Waals surface area (Å²) in [6.45, 7) is 1.72. The Balaban J connectivity index is 1.58. The number of anilines is 1. The molecule has 1 fully saturated rings. The van der Waals surface area contributed by atoms with E-state index >= 15 is 0 Å². The molecule has 3 aromatic carbocycles. The number of hydrogen-bond donors (Lipinski definition) is 0. The Morgan fingerprint density at radius 1 is 1.02 bits per heavy atom. The van der Waals surface area contributed by atoms with Crippen LogP contribution in [-0.4, -0.2) is 65.1 Å². The minimum atomic E-state index is -0.381. The van der Waals surface area contributed by atoms with E-state index in [1.807, 2.05) is 54.6 Å². The number of thioether (sulfide) groups is 1. The van der Waals surface area contributed by atoms with Gasteiger partial charge in [0.2, 0.25) is 11.8 Å². The van der Waals surface area contributed by atoms with E-state index in [-0.39, 0.29) is 35.2 Å². The van der Waals surface area contributed by atoms with Crippen molar-refractivity contribution >= 4 is 41.0 Å². The van der Waals surface area contributed by atoms with Gasteiger partial charge in [-0.1, -0.05) is 54.1 Å². The SMILES string of the molecule is O=C(CN1C(=O)CSC(c2cccc(Cl)c2)c2c(-c3ccccc3)nn(-c3ccc(F)cc3)c21)N1CCOCC1. The quantitative estimate of drug-likeness (QED) is 0.320. The van der Waals surface area contributed by atoms with Gasteiger partial charge in [0.15, 0.2) is 0 Å². The van der Waals surface area contributed by atoms with Crippen LogP contribution in [0.3, 0.4) is 0 Å². The zero-order valence-corrected chi connectivity index (χ0v) is 23.1. The summed E-state index contributed by atoms with van der Waals surface area (Å²) in [7, 11) is 0. The number of halogens is 2. The highest BCUT2D eigenvalue weighted by molar-refractivity contribution is 8.00. The second kappa shape index (κ2) is 11.4. The highest BCUT2D eigenvalue weighted by Gasteiger charge is 2.38. The zero-order chi connectivity index (χ0) is 27.6. The number of morpholine rings is 1. The van der Waals surface area contributed by atoms with Gasteiger partial charge in [-0.05, 0) is 42.0 Å². The summed E-state index contributed by atoms with van der Waals surface area (Å²) in [4.78, 5) is 30.5. The Morgan fingerprint density at radius 3 is 2.50 bits per heavy atom. The van der Waals surface area contributed by atoms with Crippen LogP contribution in [0.5, 0.6) is 0 Å². The molecule has 2 aliphatic heterocycles. The van der Waals surface area contributed by atoms with Gasteiger partial charge in [0.1, 0.15) is 18.2 Å². The molecule has 1 unspecified atom stereocenters. The lowest BCUT2D eigenvalue weighted by molar-refractivity contribution is -0.134. The fourth-order valence-electron chi connectivity index (χ4n) is 5.07. The molecule has 204 valence electrons. The van der Waals surface area contributed by atoms with Crippen molar-refractivity contribution in [3.8, 4) is 16.9 Å². The molecular formula is C30H26ClFN4O3S. The first kappa shape index (κ1) is 26.6. The van der Waals surface area contributed by atoms with Gasteiger partial charge in [-0.3, -0.25) is 14.5 Å². The van der Waals surface area contributed by atoms with Gasteiger partial charge in [-0.25, -0.2) is 9.07 Å². The summed E-state index contributed by atoms with van der Waals surface area (Å²) < 4.78 is 21.0. The van der Waals surface area contributed by atoms with Crippen molar-refractivity contribution in [2.24, 2.45) is 0 Å². The van der Waals surface area contributed by atoms with E-state index in [1.165, 1.54) is 28.8 Å². The van der Waals surface area contributed by atoms with Crippen molar-refractivity contribution < 1.29 is 18.7 Å². The van der Waals surface area contributed by atoms with E-state index in [1.54, 1.807) is 21.7 Å². The van der Waals surface area contributed by atoms with Crippen molar-refractivity contribution in [3.63, 3.8) is 0 Å². The summed E-state index contributed by atoms with van der Waals surface area (Å²) >= 11 is 7.89. The number of carbonyl (C=O) groups excluding carboxylic acids is 2. The average molecular weight is 577 g/mol. The number of ether oxygens (including phenoxy) is 1. The van der Waals surface area contributed by atoms with Crippen molar-refractivity contribution in [2.45, 2.75) is 5.25 Å². The molecule has 0 radical (unpaired) electrons. The molecule has 10 heteroatoms. The molecule has 40 heavy (non-hydrogen) atoms. The van der Waals surface area contributed by atoms with E-state index in [0.29, 0.717) is 48.5 Å². The lowest BCUT2D eigenvalue weighted by Crippen LogP contribution is -2.48. The number of carbonyl (C=O) groups is 2. The molecule has 0 bridgehead atoms. The Hall–Kier alpha value is -3.66. The third kappa shape index (κ3) is 5.24. The van der Waals surface area contributed by atoms with Crippen molar-refractivity contribution in [1.82, 2.24) is 14.7 Å². The first-order valence-corrected chi connectivity index (χ1v) is 14.4. The van der Waals surface area contributed by atoms with Gasteiger partial charge < -0.3 is 9.64 Å². The molecule has 0 N–H and O–H groups in total. The molecule has 2 amide bonds. The summed E-state index contributed by atoms with van der Waals surface area (Å²) in [5.41, 5.74) is 3.83. The Morgan fingerprint density at radius 2 is 1.77 bits per heavy atom. The maximum atomic E-state index is 13.9. The van der Waals surface area contributed by atoms with Gasteiger partial charge in [0.25, 0.3) is 0 Å². The van der Waals surface area contributed by atoms with E-state index in [9.17, 15) is 14.0 Å². The van der Waals surface area contributed by atoms with Gasteiger partial charge in [-0.2, -0.15) is 5.10 Å². The first-order chi connectivity index (χ1) is 19.5. The lowest BCUT2D eigenvalue weighted by Gasteiger charge is -2.30. The van der Waals surface area contributed by atoms with Crippen molar-refractivity contribution in [1.29, 1.82) is 0 Å². The molecular weight excluding hydrogens is 551 g/mol. The molecule has 4 aromatic rings. The van der Waals surface area contributed by atoms with E-state index in [2.05, 4.69) is 0 Å². The molecule has 0 saturated carbocycles. The fourth-order valence-corrected chi connectivity index (χ4v) is 6.46. The Bertz CT molecular complexity index is 1540. The first-order valence-electron chi connectivity index (χ1n) is 13.0. The van der Waals surface area contributed by atoms with Crippen LogP contribution in [0.1, 0.15) is 16.4 Å². The minimum absolute atomic E-state index is 0.143. The van der Waals surface area contributed by atoms with Crippen LogP contribution in [0.4, 0.5) is 10.2 Å². The summed E-state index contributed by atoms with van der Waals surface area (Å²) in [6.07, 6.45) is 0. The smallest absolute Gasteiger partial charge is 0.242 e. The summed E-state index contributed by atoms with van der Waals surface area (Å²) in [5.74, 6) is -0.109. The number of rotatable bonds is 5. The standard InChI is InChI=1S/C30H26ClFN4O3S/c31-22-8-4-7-21(17-22)29-27-28(20-5-2-1-3-6-20)33-36(24-11-9-23(32)10-12-24)30(27)35(26(38)19-40-29)18-25(37)34-13-15-39-16-14-34/h1-12,17,29H,13-16,18-19H2. The molecule has 7 nitrogen and oxygen atoms in total. The monoisotopic (exact) mass is 576 g/mol. The number of nitrogens with zero attached hydrogens (tertiary/aromatic N) is 4. The molecule has 6 rings (SSSR count). The Labute approximate surface area is 240 Å². The second-order valence-electron chi connectivity index (χ2n) is 9.56. The minimum Gasteiger partial charge on any atom is -0.378 e. The van der Waals surface area contributed by atoms with Crippen LogP contribution in [0, 0.1) is 5.82 Å². The highest BCUT2D eigenvalue weighted by atomic mass is 35.5. The molecule has 1 aromatic heterocycles. The third-order valence-corrected chi connectivity index (χ3v) is 8.51. The maximum absolute atomic E-state index is 13.9. The van der Waals surface area contributed by atoms with Gasteiger partial charge in [0, 0.05) is 29.2 Å². The molecule has 2 aliphatic rings. The van der Waals surface area contributed by atoms with Crippen LogP contribution in [0.2, 0.25) is 5.02 Å². The predicted octanol–water partition coefficient (Wildman–Crippen LogP) is 5.36. The number of amides is 2. The van der Waals surface area contributed by atoms with E-state index < -0.39 is 0 Å². The normalized spacial score (nSPS) is 17.4. The topological polar surface area (TPSA) is 67.7 Å². The van der Waals surface area contributed by atoms with Crippen LogP contribution < -0.4 is 4.90 Å². The zero-order valence-electron chi connectivity index (χ0n) is 21.5. The second-order valence-corrected chi connectivity index (χ2v) is 11.1. The lowest BCUT2D eigenvalue weighted by atomic mass is 9.99. The molecule has 1 atom stereocenters. The number of benzene rings is 3. The molecule has 0 aliphatic carbocycles. The van der Waals surface area contributed by atoms with E-state index in [0.717, 1.165) is 16.7 Å². The fraction of sp³-hybridized carbons (Fsp3) is 0.233. The summed E-state index contributed by atoms with van der Waals surface area (Å²) in [5, 5.41) is 5.30. The van der Waals surface area contributed by atoms with Crippen LogP contribution in [0.25, 0.3) is 16.9 Å².